The van der Waals surface area contributed by atoms with Crippen LogP contribution in [0.1, 0.15) is 6.42 Å². The Morgan fingerprint density at radius 2 is 2.17 bits per heavy atom. The Morgan fingerprint density at radius 3 is 2.67 bits per heavy atom. The van der Waals surface area contributed by atoms with Gasteiger partial charge in [0.15, 0.2) is 0 Å². The van der Waals surface area contributed by atoms with Crippen molar-refractivity contribution >= 4 is 21.6 Å². The van der Waals surface area contributed by atoms with Crippen molar-refractivity contribution in [3.8, 4) is 0 Å². The van der Waals surface area contributed by atoms with E-state index in [0.29, 0.717) is 24.7 Å². The van der Waals surface area contributed by atoms with Crippen LogP contribution in [0.25, 0.3) is 0 Å². The van der Waals surface area contributed by atoms with Gasteiger partial charge in [-0.15, -0.1) is 11.6 Å². The molecule has 1 rings (SSSR count). The minimum Gasteiger partial charge on any atom is -0.212 e. The number of hydrogen-bond donors (Lipinski definition) is 0. The third-order valence-electron chi connectivity index (χ3n) is 1.77. The Bertz CT molecular complexity index is 261. The van der Waals surface area contributed by atoms with Gasteiger partial charge in [-0.1, -0.05) is 12.2 Å². The number of allylic oxidation sites excluding steroid dienone is 1. The maximum absolute atomic E-state index is 11.2. The number of halogens is 1. The Hall–Kier alpha value is -0.0600. The van der Waals surface area contributed by atoms with Gasteiger partial charge in [0, 0.05) is 19.0 Å². The molecule has 70 valence electrons. The summed E-state index contributed by atoms with van der Waals surface area (Å²) < 4.78 is 23.9. The highest BCUT2D eigenvalue weighted by molar-refractivity contribution is 7.89. The molecule has 5 heteroatoms. The lowest BCUT2D eigenvalue weighted by molar-refractivity contribution is 0.478. The zero-order valence-corrected chi connectivity index (χ0v) is 8.31. The summed E-state index contributed by atoms with van der Waals surface area (Å²) in [5, 5.41) is 0. The van der Waals surface area contributed by atoms with E-state index in [1.54, 1.807) is 12.2 Å². The van der Waals surface area contributed by atoms with Crippen LogP contribution in [0.3, 0.4) is 0 Å². The van der Waals surface area contributed by atoms with Crippen molar-refractivity contribution in [3.05, 3.63) is 12.2 Å². The first-order valence-corrected chi connectivity index (χ1v) is 6.00. The number of nitrogens with zero attached hydrogens (tertiary/aromatic N) is 1. The van der Waals surface area contributed by atoms with Gasteiger partial charge in [0.2, 0.25) is 10.0 Å². The molecule has 0 unspecified atom stereocenters. The van der Waals surface area contributed by atoms with Gasteiger partial charge < -0.3 is 0 Å². The van der Waals surface area contributed by atoms with Crippen LogP contribution in [-0.4, -0.2) is 37.4 Å². The fourth-order valence-corrected chi connectivity index (χ4v) is 2.75. The van der Waals surface area contributed by atoms with Crippen molar-refractivity contribution in [1.29, 1.82) is 0 Å². The summed E-state index contributed by atoms with van der Waals surface area (Å²) in [5.41, 5.74) is 0. The molecule has 1 aliphatic rings. The molecule has 1 saturated heterocycles. The quantitative estimate of drug-likeness (QED) is 0.510. The van der Waals surface area contributed by atoms with Gasteiger partial charge in [0.25, 0.3) is 0 Å². The molecular weight excluding hydrogens is 198 g/mol. The summed E-state index contributed by atoms with van der Waals surface area (Å²) in [6, 6.07) is 0. The molecule has 0 spiro atoms. The second-order valence-electron chi connectivity index (χ2n) is 2.65. The molecule has 0 aliphatic carbocycles. The van der Waals surface area contributed by atoms with E-state index in [1.165, 1.54) is 4.31 Å². The zero-order valence-electron chi connectivity index (χ0n) is 6.74. The van der Waals surface area contributed by atoms with E-state index in [4.69, 9.17) is 11.6 Å². The van der Waals surface area contributed by atoms with Crippen molar-refractivity contribution in [1.82, 2.24) is 4.31 Å². The van der Waals surface area contributed by atoms with Gasteiger partial charge in [-0.05, 0) is 6.42 Å². The van der Waals surface area contributed by atoms with Crippen molar-refractivity contribution < 1.29 is 8.42 Å². The van der Waals surface area contributed by atoms with Crippen LogP contribution >= 0.6 is 11.6 Å². The molecule has 0 N–H and O–H groups in total. The summed E-state index contributed by atoms with van der Waals surface area (Å²) >= 11 is 5.40. The summed E-state index contributed by atoms with van der Waals surface area (Å²) in [6.07, 6.45) is 4.29. The second-order valence-corrected chi connectivity index (χ2v) is 5.05. The van der Waals surface area contributed by atoms with E-state index in [1.807, 2.05) is 0 Å². The van der Waals surface area contributed by atoms with Crippen LogP contribution in [-0.2, 0) is 10.0 Å². The lowest BCUT2D eigenvalue weighted by atomic mass is 10.4. The number of sulfonamides is 1. The van der Waals surface area contributed by atoms with E-state index in [9.17, 15) is 8.42 Å². The minimum absolute atomic E-state index is 0.293. The Morgan fingerprint density at radius 1 is 1.42 bits per heavy atom. The van der Waals surface area contributed by atoms with Gasteiger partial charge in [0.1, 0.15) is 0 Å². The second kappa shape index (κ2) is 4.25. The number of hydrogen-bond acceptors (Lipinski definition) is 2. The first-order chi connectivity index (χ1) is 5.67. The average Bonchev–Trinajstić information content (AvgIpc) is 2.32. The summed E-state index contributed by atoms with van der Waals surface area (Å²) in [5.74, 6) is 0.732. The smallest absolute Gasteiger partial charge is 0.212 e. The van der Waals surface area contributed by atoms with E-state index >= 15 is 0 Å². The van der Waals surface area contributed by atoms with Crippen LogP contribution in [0, 0.1) is 0 Å². The molecule has 3 nitrogen and oxygen atoms in total. The topological polar surface area (TPSA) is 37.4 Å². The highest BCUT2D eigenvalue weighted by atomic mass is 35.5. The molecule has 0 radical (unpaired) electrons. The molecule has 1 heterocycles. The largest absolute Gasteiger partial charge is 0.214 e. The Balaban J connectivity index is 2.48. The SMILES string of the molecule is O=S1(=O)CCCN1CC=CCCl. The summed E-state index contributed by atoms with van der Waals surface area (Å²) in [6.45, 7) is 1.12. The first-order valence-electron chi connectivity index (χ1n) is 3.85. The van der Waals surface area contributed by atoms with E-state index in [2.05, 4.69) is 0 Å². The monoisotopic (exact) mass is 209 g/mol. The molecule has 0 amide bonds. The van der Waals surface area contributed by atoms with Gasteiger partial charge in [-0.3, -0.25) is 0 Å². The number of rotatable bonds is 3. The van der Waals surface area contributed by atoms with Gasteiger partial charge in [-0.25, -0.2) is 8.42 Å². The predicted octanol–water partition coefficient (Wildman–Crippen LogP) is 0.817. The normalized spacial score (nSPS) is 23.8. The molecule has 0 aromatic heterocycles. The van der Waals surface area contributed by atoms with Crippen LogP contribution < -0.4 is 0 Å². The van der Waals surface area contributed by atoms with Crippen molar-refractivity contribution in [2.45, 2.75) is 6.42 Å². The van der Waals surface area contributed by atoms with Crippen molar-refractivity contribution in [2.75, 3.05) is 24.7 Å². The van der Waals surface area contributed by atoms with E-state index < -0.39 is 10.0 Å². The molecule has 12 heavy (non-hydrogen) atoms. The third kappa shape index (κ3) is 2.47. The summed E-state index contributed by atoms with van der Waals surface area (Å²) in [7, 11) is -2.93. The maximum atomic E-state index is 11.2. The first kappa shape index (κ1) is 10.0. The van der Waals surface area contributed by atoms with Gasteiger partial charge >= 0.3 is 0 Å². The van der Waals surface area contributed by atoms with Crippen molar-refractivity contribution in [3.63, 3.8) is 0 Å². The molecule has 0 aromatic rings. The standard InChI is InChI=1S/C7H12ClNO2S/c8-4-1-2-5-9-6-3-7-12(9,10)11/h1-2H,3-7H2. The maximum Gasteiger partial charge on any atom is 0.214 e. The fourth-order valence-electron chi connectivity index (χ4n) is 1.15. The van der Waals surface area contributed by atoms with Crippen molar-refractivity contribution in [2.24, 2.45) is 0 Å². The van der Waals surface area contributed by atoms with Gasteiger partial charge in [-0.2, -0.15) is 4.31 Å². The highest BCUT2D eigenvalue weighted by Gasteiger charge is 2.26. The molecule has 0 bridgehead atoms. The Labute approximate surface area is 78.1 Å². The minimum atomic E-state index is -2.93. The molecule has 1 aliphatic heterocycles. The molecular formula is C7H12ClNO2S. The van der Waals surface area contributed by atoms with E-state index in [0.717, 1.165) is 6.42 Å². The van der Waals surface area contributed by atoms with Crippen LogP contribution in [0.4, 0.5) is 0 Å². The van der Waals surface area contributed by atoms with Gasteiger partial charge in [0.05, 0.1) is 5.75 Å². The Kier molecular flexibility index (Phi) is 3.55. The molecule has 0 saturated carbocycles. The molecule has 1 fully saturated rings. The zero-order chi connectivity index (χ0) is 9.03. The summed E-state index contributed by atoms with van der Waals surface area (Å²) in [4.78, 5) is 0. The van der Waals surface area contributed by atoms with Crippen LogP contribution in [0.15, 0.2) is 12.2 Å². The van der Waals surface area contributed by atoms with E-state index in [-0.39, 0.29) is 0 Å². The van der Waals surface area contributed by atoms with Crippen LogP contribution in [0.2, 0.25) is 0 Å². The van der Waals surface area contributed by atoms with Crippen LogP contribution in [0.5, 0.6) is 0 Å². The number of alkyl halides is 1. The fraction of sp³-hybridized carbons (Fsp3) is 0.714. The average molecular weight is 210 g/mol. The predicted molar refractivity (Wildman–Crippen MR) is 49.8 cm³/mol. The molecule has 0 atom stereocenters. The molecule has 0 aromatic carbocycles. The highest BCUT2D eigenvalue weighted by Crippen LogP contribution is 2.12. The lowest BCUT2D eigenvalue weighted by Gasteiger charge is -2.10. The third-order valence-corrected chi connectivity index (χ3v) is 3.87. The lowest BCUT2D eigenvalue weighted by Crippen LogP contribution is -2.25.